The van der Waals surface area contributed by atoms with Gasteiger partial charge in [0.25, 0.3) is 0 Å². The van der Waals surface area contributed by atoms with Crippen molar-refractivity contribution in [3.63, 3.8) is 0 Å². The second-order valence-corrected chi connectivity index (χ2v) is 4.32. The first-order valence-corrected chi connectivity index (χ1v) is 5.35. The van der Waals surface area contributed by atoms with Gasteiger partial charge in [-0.05, 0) is 12.1 Å². The van der Waals surface area contributed by atoms with Crippen molar-refractivity contribution in [2.45, 2.75) is 12.2 Å². The molecule has 1 rings (SSSR count). The van der Waals surface area contributed by atoms with Gasteiger partial charge in [0, 0.05) is 21.6 Å². The Morgan fingerprint density at radius 2 is 2.07 bits per heavy atom. The maximum Gasteiger partial charge on any atom is 0.131 e. The van der Waals surface area contributed by atoms with Gasteiger partial charge >= 0.3 is 0 Å². The summed E-state index contributed by atoms with van der Waals surface area (Å²) in [5.74, 6) is -0.686. The minimum absolute atomic E-state index is 0.0441. The first-order chi connectivity index (χ1) is 6.97. The smallest absolute Gasteiger partial charge is 0.131 e. The highest BCUT2D eigenvalue weighted by Crippen LogP contribution is 2.31. The summed E-state index contributed by atoms with van der Waals surface area (Å²) in [6, 6.07) is 2.50. The van der Waals surface area contributed by atoms with Gasteiger partial charge in [0.05, 0.1) is 6.10 Å². The average Bonchev–Trinajstić information content (AvgIpc) is 2.14. The number of hydrogen-bond acceptors (Lipinski definition) is 3. The lowest BCUT2D eigenvalue weighted by Gasteiger charge is -2.18. The first kappa shape index (κ1) is 12.9. The molecule has 1 aromatic rings. The molecule has 0 heterocycles. The highest BCUT2D eigenvalue weighted by Gasteiger charge is 2.23. The summed E-state index contributed by atoms with van der Waals surface area (Å²) >= 11 is 8.66. The van der Waals surface area contributed by atoms with Gasteiger partial charge < -0.3 is 15.9 Å². The number of nitrogens with two attached hydrogens (primary N) is 1. The van der Waals surface area contributed by atoms with Crippen molar-refractivity contribution in [3.8, 4) is 0 Å². The van der Waals surface area contributed by atoms with Crippen LogP contribution in [0.1, 0.15) is 11.7 Å². The van der Waals surface area contributed by atoms with E-state index in [4.69, 9.17) is 17.3 Å². The summed E-state index contributed by atoms with van der Waals surface area (Å²) in [7, 11) is 0. The molecular formula is C9H10BrClFNO2. The maximum absolute atomic E-state index is 13.4. The highest BCUT2D eigenvalue weighted by atomic mass is 79.9. The Bertz CT molecular complexity index is 341. The molecule has 3 nitrogen and oxygen atoms in total. The van der Waals surface area contributed by atoms with E-state index < -0.39 is 18.0 Å². The van der Waals surface area contributed by atoms with Crippen molar-refractivity contribution in [1.82, 2.24) is 0 Å². The van der Waals surface area contributed by atoms with E-state index in [1.807, 2.05) is 0 Å². The van der Waals surface area contributed by atoms with Gasteiger partial charge in [-0.15, -0.1) is 0 Å². The number of benzene rings is 1. The molecule has 2 atom stereocenters. The minimum Gasteiger partial charge on any atom is -0.389 e. The fraction of sp³-hybridized carbons (Fsp3) is 0.333. The van der Waals surface area contributed by atoms with E-state index in [2.05, 4.69) is 15.9 Å². The quantitative estimate of drug-likeness (QED) is 0.794. The molecule has 6 heteroatoms. The predicted octanol–water partition coefficient (Wildman–Crippen LogP) is 1.59. The number of halogens is 3. The van der Waals surface area contributed by atoms with Gasteiger partial charge in [0.2, 0.25) is 0 Å². The van der Waals surface area contributed by atoms with Crippen LogP contribution in [0.15, 0.2) is 16.6 Å². The van der Waals surface area contributed by atoms with Crippen LogP contribution in [0.2, 0.25) is 5.02 Å². The number of hydrogen-bond donors (Lipinski definition) is 3. The second kappa shape index (κ2) is 5.23. The normalized spacial score (nSPS) is 15.1. The van der Waals surface area contributed by atoms with Crippen LogP contribution in [-0.4, -0.2) is 22.9 Å². The topological polar surface area (TPSA) is 66.5 Å². The zero-order chi connectivity index (χ0) is 11.6. The first-order valence-electron chi connectivity index (χ1n) is 4.18. The van der Waals surface area contributed by atoms with E-state index in [1.165, 1.54) is 6.07 Å². The molecule has 0 radical (unpaired) electrons. The average molecular weight is 299 g/mol. The van der Waals surface area contributed by atoms with E-state index in [9.17, 15) is 14.6 Å². The molecule has 2 unspecified atom stereocenters. The van der Waals surface area contributed by atoms with Crippen LogP contribution in [0.4, 0.5) is 4.39 Å². The van der Waals surface area contributed by atoms with Crippen molar-refractivity contribution in [2.75, 3.05) is 6.54 Å². The molecule has 0 saturated heterocycles. The van der Waals surface area contributed by atoms with Crippen LogP contribution in [0.5, 0.6) is 0 Å². The molecule has 0 saturated carbocycles. The lowest BCUT2D eigenvalue weighted by atomic mass is 10.0. The Labute approximate surface area is 99.8 Å². The van der Waals surface area contributed by atoms with Crippen molar-refractivity contribution < 1.29 is 14.6 Å². The van der Waals surface area contributed by atoms with E-state index in [1.54, 1.807) is 0 Å². The monoisotopic (exact) mass is 297 g/mol. The van der Waals surface area contributed by atoms with Crippen molar-refractivity contribution in [3.05, 3.63) is 33.0 Å². The summed E-state index contributed by atoms with van der Waals surface area (Å²) in [5.41, 5.74) is 5.12. The Morgan fingerprint density at radius 3 is 2.53 bits per heavy atom. The van der Waals surface area contributed by atoms with Crippen LogP contribution >= 0.6 is 27.5 Å². The summed E-state index contributed by atoms with van der Waals surface area (Å²) in [4.78, 5) is 0. The summed E-state index contributed by atoms with van der Waals surface area (Å²) < 4.78 is 13.7. The Morgan fingerprint density at radius 1 is 1.47 bits per heavy atom. The third-order valence-corrected chi connectivity index (χ3v) is 2.82. The van der Waals surface area contributed by atoms with Gasteiger partial charge in [-0.2, -0.15) is 0 Å². The summed E-state index contributed by atoms with van der Waals surface area (Å²) in [6.45, 7) is -0.157. The molecule has 15 heavy (non-hydrogen) atoms. The highest BCUT2D eigenvalue weighted by molar-refractivity contribution is 9.10. The van der Waals surface area contributed by atoms with Crippen LogP contribution in [0, 0.1) is 5.82 Å². The third-order valence-electron chi connectivity index (χ3n) is 1.95. The molecule has 0 fully saturated rings. The van der Waals surface area contributed by atoms with Crippen LogP contribution in [0.25, 0.3) is 0 Å². The van der Waals surface area contributed by atoms with Gasteiger partial charge in [-0.25, -0.2) is 4.39 Å². The van der Waals surface area contributed by atoms with Gasteiger partial charge in [-0.1, -0.05) is 27.5 Å². The molecule has 0 spiro atoms. The van der Waals surface area contributed by atoms with E-state index in [0.717, 1.165) is 6.07 Å². The largest absolute Gasteiger partial charge is 0.389 e. The summed E-state index contributed by atoms with van der Waals surface area (Å²) in [5, 5.41) is 19.1. The standard InChI is InChI=1S/C9H10BrClFNO2/c10-5-1-4(11)2-6(12)8(5)9(15)7(14)3-13/h1-2,7,9,14-15H,3,13H2. The molecule has 1 aromatic carbocycles. The number of aliphatic hydroxyl groups is 2. The van der Waals surface area contributed by atoms with E-state index in [0.29, 0.717) is 4.47 Å². The molecule has 0 aliphatic rings. The minimum atomic E-state index is -1.37. The number of aliphatic hydroxyl groups excluding tert-OH is 2. The maximum atomic E-state index is 13.4. The third kappa shape index (κ3) is 2.89. The SMILES string of the molecule is NCC(O)C(O)c1c(F)cc(Cl)cc1Br. The lowest BCUT2D eigenvalue weighted by molar-refractivity contribution is 0.0217. The van der Waals surface area contributed by atoms with Gasteiger partial charge in [0.1, 0.15) is 11.9 Å². The zero-order valence-corrected chi connectivity index (χ0v) is 9.96. The molecule has 0 aromatic heterocycles. The fourth-order valence-electron chi connectivity index (χ4n) is 1.16. The molecule has 4 N–H and O–H groups in total. The Kier molecular flexibility index (Phi) is 4.48. The van der Waals surface area contributed by atoms with E-state index in [-0.39, 0.29) is 17.1 Å². The summed E-state index contributed by atoms with van der Waals surface area (Å²) in [6.07, 6.45) is -2.58. The molecule has 0 bridgehead atoms. The predicted molar refractivity (Wildman–Crippen MR) is 59.1 cm³/mol. The number of rotatable bonds is 3. The molecule has 0 aliphatic heterocycles. The Hall–Kier alpha value is -0.200. The lowest BCUT2D eigenvalue weighted by Crippen LogP contribution is -2.28. The molecule has 0 aliphatic carbocycles. The van der Waals surface area contributed by atoms with Crippen LogP contribution in [-0.2, 0) is 0 Å². The zero-order valence-electron chi connectivity index (χ0n) is 7.62. The molecular weight excluding hydrogens is 288 g/mol. The molecule has 84 valence electrons. The molecule has 0 amide bonds. The van der Waals surface area contributed by atoms with Crippen LogP contribution < -0.4 is 5.73 Å². The Balaban J connectivity index is 3.13. The van der Waals surface area contributed by atoms with Gasteiger partial charge in [-0.3, -0.25) is 0 Å². The van der Waals surface area contributed by atoms with Crippen molar-refractivity contribution in [1.29, 1.82) is 0 Å². The van der Waals surface area contributed by atoms with Gasteiger partial charge in [0.15, 0.2) is 0 Å². The van der Waals surface area contributed by atoms with Crippen molar-refractivity contribution >= 4 is 27.5 Å². The second-order valence-electron chi connectivity index (χ2n) is 3.03. The van der Waals surface area contributed by atoms with Crippen LogP contribution in [0.3, 0.4) is 0 Å². The van der Waals surface area contributed by atoms with Crippen molar-refractivity contribution in [2.24, 2.45) is 5.73 Å². The fourth-order valence-corrected chi connectivity index (χ4v) is 2.16. The van der Waals surface area contributed by atoms with E-state index >= 15 is 0 Å².